The molecule has 13 heteroatoms. The molecule has 1 amide bonds. The average Bonchev–Trinajstić information content (AvgIpc) is 3.42. The molecule has 38 heavy (non-hydrogen) atoms. The van der Waals surface area contributed by atoms with E-state index in [1.165, 1.54) is 43.6 Å². The minimum absolute atomic E-state index is 0.0228. The summed E-state index contributed by atoms with van der Waals surface area (Å²) >= 11 is 12.8. The highest BCUT2D eigenvalue weighted by molar-refractivity contribution is 7.92. The summed E-state index contributed by atoms with van der Waals surface area (Å²) in [5.41, 5.74) is 1.68. The summed E-state index contributed by atoms with van der Waals surface area (Å²) in [5.74, 6) is 0.695. The van der Waals surface area contributed by atoms with E-state index in [2.05, 4.69) is 19.4 Å². The summed E-state index contributed by atoms with van der Waals surface area (Å²) in [6.07, 6.45) is 2.50. The third-order valence-corrected chi connectivity index (χ3v) is 7.43. The zero-order valence-corrected chi connectivity index (χ0v) is 22.8. The number of rotatable bonds is 9. The summed E-state index contributed by atoms with van der Waals surface area (Å²) in [7, 11) is -1.01. The van der Waals surface area contributed by atoms with Crippen LogP contribution in [-0.2, 0) is 14.8 Å². The van der Waals surface area contributed by atoms with Gasteiger partial charge in [0.25, 0.3) is 10.0 Å². The number of ether oxygens (including phenoxy) is 2. The van der Waals surface area contributed by atoms with Crippen LogP contribution in [0.4, 0.5) is 17.3 Å². The van der Waals surface area contributed by atoms with Crippen molar-refractivity contribution in [3.63, 3.8) is 0 Å². The second-order valence-electron chi connectivity index (χ2n) is 7.78. The molecule has 0 radical (unpaired) electrons. The SMILES string of the molecule is CCC(=O)N(c1ccc(S(=O)(=O)Nc2ccon2)cn1)c1cc(Cl)c(-c2ccc(Cl)c(OC)c2)cc1OC. The molecule has 0 aliphatic heterocycles. The van der Waals surface area contributed by atoms with Gasteiger partial charge in [0.05, 0.1) is 30.0 Å². The van der Waals surface area contributed by atoms with Gasteiger partial charge in [0.1, 0.15) is 28.5 Å². The quantitative estimate of drug-likeness (QED) is 0.259. The Kier molecular flexibility index (Phi) is 8.10. The molecular formula is C25H22Cl2N4O6S. The molecule has 0 fully saturated rings. The Morgan fingerprint density at radius 1 is 1.03 bits per heavy atom. The Balaban J connectivity index is 1.75. The fourth-order valence-electron chi connectivity index (χ4n) is 3.60. The first-order valence-electron chi connectivity index (χ1n) is 11.1. The van der Waals surface area contributed by atoms with Gasteiger partial charge in [-0.05, 0) is 42.0 Å². The lowest BCUT2D eigenvalue weighted by molar-refractivity contribution is -0.117. The van der Waals surface area contributed by atoms with Crippen molar-refractivity contribution < 1.29 is 27.2 Å². The lowest BCUT2D eigenvalue weighted by Crippen LogP contribution is -2.26. The lowest BCUT2D eigenvalue weighted by Gasteiger charge is -2.24. The molecule has 0 saturated carbocycles. The van der Waals surface area contributed by atoms with E-state index >= 15 is 0 Å². The van der Waals surface area contributed by atoms with Gasteiger partial charge in [-0.2, -0.15) is 0 Å². The molecule has 0 aliphatic carbocycles. The predicted octanol–water partition coefficient (Wildman–Crippen LogP) is 5.94. The van der Waals surface area contributed by atoms with Crippen LogP contribution in [-0.4, -0.2) is 38.7 Å². The highest BCUT2D eigenvalue weighted by Gasteiger charge is 2.25. The van der Waals surface area contributed by atoms with Gasteiger partial charge in [0, 0.05) is 24.2 Å². The monoisotopic (exact) mass is 576 g/mol. The number of aromatic nitrogens is 2. The van der Waals surface area contributed by atoms with Crippen LogP contribution >= 0.6 is 23.2 Å². The molecule has 0 unspecified atom stereocenters. The number of sulfonamides is 1. The van der Waals surface area contributed by atoms with Crippen molar-refractivity contribution in [3.05, 3.63) is 71.0 Å². The lowest BCUT2D eigenvalue weighted by atomic mass is 10.0. The number of amides is 1. The van der Waals surface area contributed by atoms with E-state index in [9.17, 15) is 13.2 Å². The van der Waals surface area contributed by atoms with Gasteiger partial charge < -0.3 is 14.0 Å². The Hall–Kier alpha value is -3.80. The molecule has 4 rings (SSSR count). The van der Waals surface area contributed by atoms with Crippen LogP contribution in [0.2, 0.25) is 10.0 Å². The number of anilines is 3. The highest BCUT2D eigenvalue weighted by Crippen LogP contribution is 2.42. The van der Waals surface area contributed by atoms with Crippen molar-refractivity contribution in [1.29, 1.82) is 0 Å². The van der Waals surface area contributed by atoms with Crippen LogP contribution < -0.4 is 19.1 Å². The van der Waals surface area contributed by atoms with Crippen LogP contribution in [0.25, 0.3) is 11.1 Å². The molecular weight excluding hydrogens is 555 g/mol. The van der Waals surface area contributed by atoms with E-state index < -0.39 is 10.0 Å². The van der Waals surface area contributed by atoms with Gasteiger partial charge in [-0.1, -0.05) is 41.3 Å². The number of benzene rings is 2. The second kappa shape index (κ2) is 11.3. The summed E-state index contributed by atoms with van der Waals surface area (Å²) in [4.78, 5) is 18.5. The van der Waals surface area contributed by atoms with Crippen molar-refractivity contribution in [2.75, 3.05) is 23.8 Å². The first-order valence-corrected chi connectivity index (χ1v) is 13.4. The number of carbonyl (C=O) groups excluding carboxylic acids is 1. The second-order valence-corrected chi connectivity index (χ2v) is 10.3. The topological polar surface area (TPSA) is 124 Å². The first kappa shape index (κ1) is 27.2. The summed E-state index contributed by atoms with van der Waals surface area (Å²) in [6.45, 7) is 1.69. The number of pyridine rings is 1. The molecule has 4 aromatic rings. The molecule has 2 heterocycles. The first-order chi connectivity index (χ1) is 18.2. The number of nitrogens with one attached hydrogen (secondary N) is 1. The average molecular weight is 577 g/mol. The van der Waals surface area contributed by atoms with E-state index in [0.29, 0.717) is 32.8 Å². The zero-order chi connectivity index (χ0) is 27.4. The van der Waals surface area contributed by atoms with Gasteiger partial charge in [-0.25, -0.2) is 13.4 Å². The van der Waals surface area contributed by atoms with Crippen LogP contribution in [0.5, 0.6) is 11.5 Å². The van der Waals surface area contributed by atoms with Gasteiger partial charge in [0.2, 0.25) is 5.91 Å². The molecule has 1 N–H and O–H groups in total. The van der Waals surface area contributed by atoms with Crippen molar-refractivity contribution in [2.24, 2.45) is 0 Å². The Labute approximate surface area is 229 Å². The van der Waals surface area contributed by atoms with Gasteiger partial charge in [-0.3, -0.25) is 14.4 Å². The fraction of sp³-hybridized carbons (Fsp3) is 0.160. The molecule has 2 aromatic carbocycles. The molecule has 198 valence electrons. The Bertz CT molecular complexity index is 1560. The molecule has 0 saturated heterocycles. The van der Waals surface area contributed by atoms with Gasteiger partial charge >= 0.3 is 0 Å². The van der Waals surface area contributed by atoms with E-state index in [0.717, 1.165) is 11.8 Å². The Morgan fingerprint density at radius 3 is 2.39 bits per heavy atom. The zero-order valence-electron chi connectivity index (χ0n) is 20.4. The van der Waals surface area contributed by atoms with Gasteiger partial charge in [-0.15, -0.1) is 0 Å². The number of hydrogen-bond acceptors (Lipinski definition) is 8. The molecule has 2 aromatic heterocycles. The number of carbonyl (C=O) groups is 1. The van der Waals surface area contributed by atoms with Crippen molar-refractivity contribution in [3.8, 4) is 22.6 Å². The number of halogens is 2. The third kappa shape index (κ3) is 5.54. The molecule has 10 nitrogen and oxygen atoms in total. The molecule has 0 aliphatic rings. The van der Waals surface area contributed by atoms with E-state index in [4.69, 9.17) is 32.7 Å². The van der Waals surface area contributed by atoms with Crippen LogP contribution in [0.15, 0.2) is 70.4 Å². The maximum absolute atomic E-state index is 13.1. The van der Waals surface area contributed by atoms with E-state index in [1.807, 2.05) is 0 Å². The minimum Gasteiger partial charge on any atom is -0.495 e. The van der Waals surface area contributed by atoms with Gasteiger partial charge in [0.15, 0.2) is 5.82 Å². The number of hydrogen-bond donors (Lipinski definition) is 1. The van der Waals surface area contributed by atoms with E-state index in [-0.39, 0.29) is 28.9 Å². The minimum atomic E-state index is -3.98. The number of methoxy groups -OCH3 is 2. The smallest absolute Gasteiger partial charge is 0.264 e. The molecule has 0 bridgehead atoms. The summed E-state index contributed by atoms with van der Waals surface area (Å²) in [5, 5.41) is 4.31. The maximum Gasteiger partial charge on any atom is 0.264 e. The van der Waals surface area contributed by atoms with Crippen molar-refractivity contribution >= 4 is 56.5 Å². The summed E-state index contributed by atoms with van der Waals surface area (Å²) in [6, 6.07) is 12.6. The van der Waals surface area contributed by atoms with Crippen LogP contribution in [0, 0.1) is 0 Å². The Morgan fingerprint density at radius 2 is 1.79 bits per heavy atom. The molecule has 0 atom stereocenters. The predicted molar refractivity (Wildman–Crippen MR) is 144 cm³/mol. The van der Waals surface area contributed by atoms with Crippen molar-refractivity contribution in [2.45, 2.75) is 18.2 Å². The van der Waals surface area contributed by atoms with Crippen LogP contribution in [0.3, 0.4) is 0 Å². The third-order valence-electron chi connectivity index (χ3n) is 5.46. The van der Waals surface area contributed by atoms with E-state index in [1.54, 1.807) is 37.3 Å². The normalized spacial score (nSPS) is 11.2. The highest BCUT2D eigenvalue weighted by atomic mass is 35.5. The maximum atomic E-state index is 13.1. The van der Waals surface area contributed by atoms with Crippen LogP contribution in [0.1, 0.15) is 13.3 Å². The number of nitrogens with zero attached hydrogens (tertiary/aromatic N) is 3. The largest absolute Gasteiger partial charge is 0.495 e. The van der Waals surface area contributed by atoms with Crippen molar-refractivity contribution in [1.82, 2.24) is 10.1 Å². The fourth-order valence-corrected chi connectivity index (χ4v) is 5.00. The standard InChI is InChI=1S/C25H22Cl2N4O6S/c1-4-25(32)31(24-8-6-16(14-28-24)38(33,34)30-23-9-10-37-29-23)20-13-19(27)17(12-22(20)36-3)15-5-7-18(26)21(11-15)35-2/h5-14H,4H2,1-3H3,(H,29,30). The summed E-state index contributed by atoms with van der Waals surface area (Å²) < 4.78 is 43.2. The molecule has 0 spiro atoms.